The second kappa shape index (κ2) is 7.72. The smallest absolute Gasteiger partial charge is 0.271 e. The topological polar surface area (TPSA) is 65.5 Å². The lowest BCUT2D eigenvalue weighted by Crippen LogP contribution is -2.46. The molecule has 3 N–H and O–H groups in total. The molecule has 0 radical (unpaired) electrons. The molecule has 6 heteroatoms. The molecule has 0 fully saturated rings. The molecule has 0 spiro atoms. The first-order chi connectivity index (χ1) is 12.1. The minimum atomic E-state index is -0.318. The van der Waals surface area contributed by atoms with Crippen LogP contribution in [0.4, 0.5) is 0 Å². The van der Waals surface area contributed by atoms with E-state index in [4.69, 9.17) is 12.2 Å². The van der Waals surface area contributed by atoms with E-state index in [0.29, 0.717) is 16.4 Å². The number of carbonyl (C=O) groups excluding carboxylic acids is 1. The average molecular weight is 350 g/mol. The highest BCUT2D eigenvalue weighted by atomic mass is 32.1. The molecule has 1 unspecified atom stereocenters. The van der Waals surface area contributed by atoms with Crippen molar-refractivity contribution in [3.8, 4) is 0 Å². The van der Waals surface area contributed by atoms with Crippen LogP contribution in [0.25, 0.3) is 0 Å². The Morgan fingerprint density at radius 1 is 1.12 bits per heavy atom. The minimum absolute atomic E-state index is 0.277. The van der Waals surface area contributed by atoms with Gasteiger partial charge in [0.1, 0.15) is 0 Å². The fourth-order valence-electron chi connectivity index (χ4n) is 2.66. The lowest BCUT2D eigenvalue weighted by Gasteiger charge is -2.29. The van der Waals surface area contributed by atoms with Crippen LogP contribution < -0.4 is 16.1 Å². The van der Waals surface area contributed by atoms with Gasteiger partial charge in [-0.05, 0) is 30.3 Å². The molecule has 0 saturated heterocycles. The SMILES string of the molecule is CC1=C(C(=O)N/N=C/c2ccccc2)C(c2ccccc2)NC(=S)N1. The van der Waals surface area contributed by atoms with Crippen LogP contribution in [0.2, 0.25) is 0 Å². The van der Waals surface area contributed by atoms with Crippen molar-refractivity contribution >= 4 is 29.5 Å². The second-order valence-corrected chi connectivity index (χ2v) is 6.00. The number of thiocarbonyl (C=S) groups is 1. The van der Waals surface area contributed by atoms with Crippen LogP contribution >= 0.6 is 12.2 Å². The van der Waals surface area contributed by atoms with E-state index in [1.165, 1.54) is 0 Å². The van der Waals surface area contributed by atoms with Crippen LogP contribution in [-0.2, 0) is 4.79 Å². The Morgan fingerprint density at radius 2 is 1.76 bits per heavy atom. The van der Waals surface area contributed by atoms with E-state index in [9.17, 15) is 4.79 Å². The normalized spacial score (nSPS) is 17.2. The molecule has 0 saturated carbocycles. The summed E-state index contributed by atoms with van der Waals surface area (Å²) in [5.74, 6) is -0.277. The van der Waals surface area contributed by atoms with Crippen LogP contribution in [0.5, 0.6) is 0 Å². The Morgan fingerprint density at radius 3 is 2.44 bits per heavy atom. The number of amides is 1. The molecule has 1 aliphatic rings. The first kappa shape index (κ1) is 16.9. The monoisotopic (exact) mass is 350 g/mol. The van der Waals surface area contributed by atoms with Crippen molar-refractivity contribution in [3.05, 3.63) is 83.1 Å². The molecule has 25 heavy (non-hydrogen) atoms. The fraction of sp³-hybridized carbons (Fsp3) is 0.105. The van der Waals surface area contributed by atoms with Crippen LogP contribution in [0, 0.1) is 0 Å². The Hall–Kier alpha value is -2.99. The summed E-state index contributed by atoms with van der Waals surface area (Å²) in [4.78, 5) is 12.7. The largest absolute Gasteiger partial charge is 0.351 e. The van der Waals surface area contributed by atoms with Gasteiger partial charge < -0.3 is 10.6 Å². The van der Waals surface area contributed by atoms with E-state index in [2.05, 4.69) is 21.2 Å². The fourth-order valence-corrected chi connectivity index (χ4v) is 2.93. The predicted octanol–water partition coefficient (Wildman–Crippen LogP) is 2.63. The first-order valence-electron chi connectivity index (χ1n) is 7.87. The van der Waals surface area contributed by atoms with Crippen LogP contribution in [0.1, 0.15) is 24.1 Å². The maximum absolute atomic E-state index is 12.7. The predicted molar refractivity (Wildman–Crippen MR) is 103 cm³/mol. The molecular formula is C19H18N4OS. The number of hydrogen-bond donors (Lipinski definition) is 3. The maximum Gasteiger partial charge on any atom is 0.271 e. The van der Waals surface area contributed by atoms with Crippen molar-refractivity contribution in [2.24, 2.45) is 5.10 Å². The Bertz CT molecular complexity index is 831. The van der Waals surface area contributed by atoms with E-state index in [0.717, 1.165) is 11.1 Å². The Balaban J connectivity index is 1.81. The highest BCUT2D eigenvalue weighted by Gasteiger charge is 2.29. The molecular weight excluding hydrogens is 332 g/mol. The van der Waals surface area contributed by atoms with Gasteiger partial charge in [-0.2, -0.15) is 5.10 Å². The third-order valence-electron chi connectivity index (χ3n) is 3.83. The van der Waals surface area contributed by atoms with E-state index in [1.807, 2.05) is 67.6 Å². The Labute approximate surface area is 151 Å². The molecule has 126 valence electrons. The standard InChI is InChI=1S/C19H18N4OS/c1-13-16(18(24)23-20-12-14-8-4-2-5-9-14)17(22-19(25)21-13)15-10-6-3-7-11-15/h2-12,17H,1H3,(H,23,24)(H2,21,22,25)/b20-12+. The van der Waals surface area contributed by atoms with Crippen LogP contribution in [0.15, 0.2) is 77.0 Å². The average Bonchev–Trinajstić information content (AvgIpc) is 2.62. The molecule has 5 nitrogen and oxygen atoms in total. The second-order valence-electron chi connectivity index (χ2n) is 5.59. The lowest BCUT2D eigenvalue weighted by atomic mass is 9.95. The van der Waals surface area contributed by atoms with Crippen LogP contribution in [-0.4, -0.2) is 17.2 Å². The van der Waals surface area contributed by atoms with Gasteiger partial charge in [0.05, 0.1) is 17.8 Å². The van der Waals surface area contributed by atoms with Crippen molar-refractivity contribution < 1.29 is 4.79 Å². The summed E-state index contributed by atoms with van der Waals surface area (Å²) < 4.78 is 0. The summed E-state index contributed by atoms with van der Waals surface area (Å²) in [5, 5.41) is 10.7. The zero-order chi connectivity index (χ0) is 17.6. The first-order valence-corrected chi connectivity index (χ1v) is 8.27. The summed E-state index contributed by atoms with van der Waals surface area (Å²) >= 11 is 5.23. The van der Waals surface area contributed by atoms with E-state index in [1.54, 1.807) is 6.21 Å². The zero-order valence-electron chi connectivity index (χ0n) is 13.7. The van der Waals surface area contributed by atoms with Crippen molar-refractivity contribution in [1.82, 2.24) is 16.1 Å². The number of carbonyl (C=O) groups is 1. The van der Waals surface area contributed by atoms with Gasteiger partial charge in [0.25, 0.3) is 5.91 Å². The zero-order valence-corrected chi connectivity index (χ0v) is 14.5. The van der Waals surface area contributed by atoms with Crippen molar-refractivity contribution in [1.29, 1.82) is 0 Å². The van der Waals surface area contributed by atoms with Gasteiger partial charge in [-0.3, -0.25) is 4.79 Å². The van der Waals surface area contributed by atoms with Gasteiger partial charge in [0.15, 0.2) is 5.11 Å². The highest BCUT2D eigenvalue weighted by molar-refractivity contribution is 7.80. The lowest BCUT2D eigenvalue weighted by molar-refractivity contribution is -0.117. The minimum Gasteiger partial charge on any atom is -0.351 e. The van der Waals surface area contributed by atoms with Gasteiger partial charge in [-0.25, -0.2) is 5.43 Å². The summed E-state index contributed by atoms with van der Waals surface area (Å²) in [6, 6.07) is 19.0. The van der Waals surface area contributed by atoms with E-state index < -0.39 is 0 Å². The quantitative estimate of drug-likeness (QED) is 0.451. The number of rotatable bonds is 4. The number of hydrazone groups is 1. The molecule has 2 aromatic rings. The van der Waals surface area contributed by atoms with Crippen LogP contribution in [0.3, 0.4) is 0 Å². The molecule has 3 rings (SSSR count). The summed E-state index contributed by atoms with van der Waals surface area (Å²) in [7, 11) is 0. The van der Waals surface area contributed by atoms with Crippen molar-refractivity contribution in [3.63, 3.8) is 0 Å². The molecule has 1 amide bonds. The molecule has 0 aliphatic carbocycles. The number of benzene rings is 2. The third kappa shape index (κ3) is 4.10. The van der Waals surface area contributed by atoms with Crippen molar-refractivity contribution in [2.45, 2.75) is 13.0 Å². The summed E-state index contributed by atoms with van der Waals surface area (Å²) in [6.45, 7) is 1.83. The highest BCUT2D eigenvalue weighted by Crippen LogP contribution is 2.26. The molecule has 0 aromatic heterocycles. The summed E-state index contributed by atoms with van der Waals surface area (Å²) in [5.41, 5.74) is 5.74. The molecule has 1 atom stereocenters. The third-order valence-corrected chi connectivity index (χ3v) is 4.05. The molecule has 1 heterocycles. The molecule has 2 aromatic carbocycles. The van der Waals surface area contributed by atoms with E-state index in [-0.39, 0.29) is 11.9 Å². The number of nitrogens with one attached hydrogen (secondary N) is 3. The maximum atomic E-state index is 12.7. The van der Waals surface area contributed by atoms with Crippen molar-refractivity contribution in [2.75, 3.05) is 0 Å². The number of hydrogen-bond acceptors (Lipinski definition) is 3. The number of nitrogens with zero attached hydrogens (tertiary/aromatic N) is 1. The summed E-state index contributed by atoms with van der Waals surface area (Å²) in [6.07, 6.45) is 1.61. The van der Waals surface area contributed by atoms with Gasteiger partial charge in [0.2, 0.25) is 0 Å². The number of allylic oxidation sites excluding steroid dienone is 1. The van der Waals surface area contributed by atoms with Gasteiger partial charge in [-0.15, -0.1) is 0 Å². The van der Waals surface area contributed by atoms with Gasteiger partial charge in [0, 0.05) is 5.70 Å². The van der Waals surface area contributed by atoms with Gasteiger partial charge in [-0.1, -0.05) is 60.7 Å². The van der Waals surface area contributed by atoms with Gasteiger partial charge >= 0.3 is 0 Å². The van der Waals surface area contributed by atoms with E-state index >= 15 is 0 Å². The molecule has 1 aliphatic heterocycles. The Kier molecular flexibility index (Phi) is 5.20. The molecule has 0 bridgehead atoms.